The summed E-state index contributed by atoms with van der Waals surface area (Å²) in [6.45, 7) is 10.9. The summed E-state index contributed by atoms with van der Waals surface area (Å²) in [4.78, 5) is 20.5. The zero-order valence-corrected chi connectivity index (χ0v) is 9.02. The smallest absolute Gasteiger partial charge is 0.246 e. The van der Waals surface area contributed by atoms with Crippen molar-refractivity contribution in [2.45, 2.75) is 13.8 Å². The van der Waals surface area contributed by atoms with E-state index in [0.717, 1.165) is 0 Å². The van der Waals surface area contributed by atoms with Gasteiger partial charge < -0.3 is 10.6 Å². The van der Waals surface area contributed by atoms with Gasteiger partial charge in [0.05, 0.1) is 0 Å². The molecule has 0 unspecified atom stereocenters. The van der Waals surface area contributed by atoms with Gasteiger partial charge in [0.15, 0.2) is 0 Å². The molecule has 0 aliphatic rings. The molecule has 0 aromatic carbocycles. The van der Waals surface area contributed by atoms with Crippen LogP contribution in [0.2, 0.25) is 0 Å². The van der Waals surface area contributed by atoms with E-state index in [1.807, 2.05) is 6.92 Å². The number of likely N-dealkylation sites (N-methyl/N-ethyl adjacent to an activating group) is 2. The molecule has 80 valence electrons. The summed E-state index contributed by atoms with van der Waals surface area (Å²) in [5.41, 5.74) is 0.544. The lowest BCUT2D eigenvalue weighted by molar-refractivity contribution is -0.117. The predicted molar refractivity (Wildman–Crippen MR) is 57.8 cm³/mol. The molecule has 0 aliphatic heterocycles. The van der Waals surface area contributed by atoms with E-state index in [1.165, 1.54) is 6.08 Å². The molecule has 0 aromatic heterocycles. The lowest BCUT2D eigenvalue weighted by Gasteiger charge is -1.91. The topological polar surface area (TPSA) is 58.2 Å². The molecular weight excluding hydrogens is 180 g/mol. The molecule has 0 fully saturated rings. The number of amides is 2. The number of hydrogen-bond donors (Lipinski definition) is 2. The number of carbonyl (C=O) groups excluding carboxylic acids is 2. The van der Waals surface area contributed by atoms with Gasteiger partial charge in [0, 0.05) is 19.2 Å². The quantitative estimate of drug-likeness (QED) is 0.653. The van der Waals surface area contributed by atoms with E-state index in [-0.39, 0.29) is 11.8 Å². The van der Waals surface area contributed by atoms with Crippen LogP contribution in [-0.4, -0.2) is 25.4 Å². The Balaban J connectivity index is 0. The van der Waals surface area contributed by atoms with Crippen LogP contribution >= 0.6 is 0 Å². The Morgan fingerprint density at radius 1 is 1.43 bits per heavy atom. The van der Waals surface area contributed by atoms with E-state index in [0.29, 0.717) is 12.1 Å². The third-order valence-corrected chi connectivity index (χ3v) is 1.15. The van der Waals surface area contributed by atoms with E-state index in [9.17, 15) is 9.59 Å². The fraction of sp³-hybridized carbons (Fsp3) is 0.400. The number of rotatable bonds is 3. The van der Waals surface area contributed by atoms with Gasteiger partial charge in [0.1, 0.15) is 0 Å². The number of nitrogens with one attached hydrogen (secondary N) is 2. The van der Waals surface area contributed by atoms with Crippen molar-refractivity contribution in [3.63, 3.8) is 0 Å². The summed E-state index contributed by atoms with van der Waals surface area (Å²) in [6, 6.07) is 0. The molecule has 0 saturated carbocycles. The molecule has 4 nitrogen and oxygen atoms in total. The van der Waals surface area contributed by atoms with Gasteiger partial charge in [-0.15, -0.1) is 0 Å². The third-order valence-electron chi connectivity index (χ3n) is 1.15. The maximum Gasteiger partial charge on any atom is 0.246 e. The van der Waals surface area contributed by atoms with E-state index < -0.39 is 0 Å². The molecule has 0 radical (unpaired) electrons. The van der Waals surface area contributed by atoms with Crippen molar-refractivity contribution in [2.24, 2.45) is 0 Å². The normalized spacial score (nSPS) is 7.64. The minimum Gasteiger partial charge on any atom is -0.355 e. The van der Waals surface area contributed by atoms with E-state index in [4.69, 9.17) is 0 Å². The molecule has 0 heterocycles. The molecule has 0 spiro atoms. The van der Waals surface area contributed by atoms with Crippen LogP contribution < -0.4 is 10.6 Å². The monoisotopic (exact) mass is 198 g/mol. The van der Waals surface area contributed by atoms with Crippen molar-refractivity contribution in [2.75, 3.05) is 13.6 Å². The van der Waals surface area contributed by atoms with Gasteiger partial charge in [-0.2, -0.15) is 0 Å². The van der Waals surface area contributed by atoms with E-state index in [2.05, 4.69) is 23.8 Å². The molecule has 0 rings (SSSR count). The second-order valence-corrected chi connectivity index (χ2v) is 2.46. The zero-order chi connectivity index (χ0) is 11.6. The van der Waals surface area contributed by atoms with E-state index in [1.54, 1.807) is 14.0 Å². The summed E-state index contributed by atoms with van der Waals surface area (Å²) in [5, 5.41) is 4.96. The predicted octanol–water partition coefficient (Wildman–Crippen LogP) is 0.617. The maximum atomic E-state index is 10.3. The van der Waals surface area contributed by atoms with Gasteiger partial charge >= 0.3 is 0 Å². The minimum absolute atomic E-state index is 0.0972. The molecule has 4 heteroatoms. The van der Waals surface area contributed by atoms with Gasteiger partial charge in [0.25, 0.3) is 0 Å². The summed E-state index contributed by atoms with van der Waals surface area (Å²) in [6.07, 6.45) is 1.25. The Morgan fingerprint density at radius 2 is 1.93 bits per heavy atom. The highest BCUT2D eigenvalue weighted by molar-refractivity contribution is 5.91. The van der Waals surface area contributed by atoms with Gasteiger partial charge in [-0.25, -0.2) is 0 Å². The summed E-state index contributed by atoms with van der Waals surface area (Å²) in [5.74, 6) is -0.206. The van der Waals surface area contributed by atoms with Crippen LogP contribution in [0.15, 0.2) is 24.8 Å². The van der Waals surface area contributed by atoms with E-state index >= 15 is 0 Å². The van der Waals surface area contributed by atoms with Gasteiger partial charge in [0.2, 0.25) is 11.8 Å². The number of carbonyl (C=O) groups is 2. The first-order chi connectivity index (χ1) is 6.49. The van der Waals surface area contributed by atoms with Gasteiger partial charge in [-0.1, -0.05) is 13.2 Å². The van der Waals surface area contributed by atoms with Crippen LogP contribution in [0.25, 0.3) is 0 Å². The van der Waals surface area contributed by atoms with Crippen molar-refractivity contribution in [3.05, 3.63) is 24.8 Å². The largest absolute Gasteiger partial charge is 0.355 e. The summed E-state index contributed by atoms with van der Waals surface area (Å²) in [7, 11) is 1.58. The van der Waals surface area contributed by atoms with Crippen LogP contribution in [0.5, 0.6) is 0 Å². The number of hydrogen-bond acceptors (Lipinski definition) is 2. The average molecular weight is 198 g/mol. The SMILES string of the molecule is C=C(C)C(=O)NC.C=CC(=O)NCC. The Labute approximate surface area is 85.1 Å². The average Bonchev–Trinajstić information content (AvgIpc) is 2.17. The summed E-state index contributed by atoms with van der Waals surface area (Å²) < 4.78 is 0. The Kier molecular flexibility index (Phi) is 10.1. The lowest BCUT2D eigenvalue weighted by atomic mass is 10.3. The molecule has 14 heavy (non-hydrogen) atoms. The maximum absolute atomic E-state index is 10.3. The van der Waals surface area contributed by atoms with Crippen LogP contribution in [-0.2, 0) is 9.59 Å². The van der Waals surface area contributed by atoms with Gasteiger partial charge in [-0.05, 0) is 19.9 Å². The lowest BCUT2D eigenvalue weighted by Crippen LogP contribution is -2.19. The van der Waals surface area contributed by atoms with Crippen LogP contribution in [0.1, 0.15) is 13.8 Å². The summed E-state index contributed by atoms with van der Waals surface area (Å²) >= 11 is 0. The van der Waals surface area contributed by atoms with Crippen LogP contribution in [0, 0.1) is 0 Å². The second-order valence-electron chi connectivity index (χ2n) is 2.46. The third kappa shape index (κ3) is 10.4. The standard InChI is InChI=1S/2C5H9NO/c1-4(2)5(7)6-3;1-3-5(7)6-4-2/h1H2,2-3H3,(H,6,7);3H,1,4H2,2H3,(H,6,7). The highest BCUT2D eigenvalue weighted by atomic mass is 16.2. The highest BCUT2D eigenvalue weighted by Gasteiger charge is 1.92. The molecule has 0 atom stereocenters. The molecule has 0 saturated heterocycles. The molecule has 0 bridgehead atoms. The molecule has 2 N–H and O–H groups in total. The first-order valence-electron chi connectivity index (χ1n) is 4.27. The van der Waals surface area contributed by atoms with Crippen molar-refractivity contribution in [3.8, 4) is 0 Å². The van der Waals surface area contributed by atoms with Crippen molar-refractivity contribution < 1.29 is 9.59 Å². The van der Waals surface area contributed by atoms with Gasteiger partial charge in [-0.3, -0.25) is 9.59 Å². The molecule has 0 aromatic rings. The Bertz CT molecular complexity index is 220. The van der Waals surface area contributed by atoms with Crippen molar-refractivity contribution in [1.29, 1.82) is 0 Å². The zero-order valence-electron chi connectivity index (χ0n) is 9.02. The second kappa shape index (κ2) is 9.51. The first-order valence-corrected chi connectivity index (χ1v) is 4.27. The fourth-order valence-corrected chi connectivity index (χ4v) is 0.460. The van der Waals surface area contributed by atoms with Crippen molar-refractivity contribution >= 4 is 11.8 Å². The van der Waals surface area contributed by atoms with Crippen LogP contribution in [0.3, 0.4) is 0 Å². The van der Waals surface area contributed by atoms with Crippen molar-refractivity contribution in [1.82, 2.24) is 10.6 Å². The molecule has 0 aliphatic carbocycles. The van der Waals surface area contributed by atoms with Crippen LogP contribution in [0.4, 0.5) is 0 Å². The Morgan fingerprint density at radius 3 is 2.00 bits per heavy atom. The minimum atomic E-state index is -0.109. The molecule has 2 amide bonds. The first kappa shape index (κ1) is 14.9. The molecular formula is C10H18N2O2. The Hall–Kier alpha value is -1.58. The highest BCUT2D eigenvalue weighted by Crippen LogP contribution is 1.81. The fourth-order valence-electron chi connectivity index (χ4n) is 0.460.